The molecule has 1 aliphatic carbocycles. The summed E-state index contributed by atoms with van der Waals surface area (Å²) < 4.78 is 0. The second-order valence-corrected chi connectivity index (χ2v) is 4.36. The van der Waals surface area contributed by atoms with Gasteiger partial charge in [-0.3, -0.25) is 0 Å². The van der Waals surface area contributed by atoms with Crippen LogP contribution in [0, 0.1) is 11.3 Å². The Kier molecular flexibility index (Phi) is 3.89. The average molecular weight is 231 g/mol. The van der Waals surface area contributed by atoms with E-state index in [1.807, 2.05) is 13.1 Å². The summed E-state index contributed by atoms with van der Waals surface area (Å²) in [4.78, 5) is 8.26. The zero-order valence-corrected chi connectivity index (χ0v) is 9.98. The van der Waals surface area contributed by atoms with E-state index >= 15 is 0 Å². The normalized spacial score (nSPS) is 24.0. The molecule has 5 heteroatoms. The van der Waals surface area contributed by atoms with Gasteiger partial charge < -0.3 is 10.6 Å². The van der Waals surface area contributed by atoms with E-state index in [2.05, 4.69) is 20.6 Å². The van der Waals surface area contributed by atoms with Crippen molar-refractivity contribution in [3.05, 3.63) is 18.0 Å². The number of aromatic nitrogens is 2. The van der Waals surface area contributed by atoms with Crippen molar-refractivity contribution in [1.29, 1.82) is 5.26 Å². The zero-order valence-electron chi connectivity index (χ0n) is 9.98. The van der Waals surface area contributed by atoms with Gasteiger partial charge >= 0.3 is 0 Å². The van der Waals surface area contributed by atoms with Crippen LogP contribution in [0.2, 0.25) is 0 Å². The molecule has 0 unspecified atom stereocenters. The van der Waals surface area contributed by atoms with E-state index in [-0.39, 0.29) is 0 Å². The van der Waals surface area contributed by atoms with E-state index in [0.717, 1.165) is 12.8 Å². The molecule has 0 spiro atoms. The average Bonchev–Trinajstić information content (AvgIpc) is 2.40. The minimum Gasteiger partial charge on any atom is -0.351 e. The summed E-state index contributed by atoms with van der Waals surface area (Å²) in [5, 5.41) is 15.4. The second kappa shape index (κ2) is 5.60. The van der Waals surface area contributed by atoms with Crippen molar-refractivity contribution in [3.8, 4) is 6.07 Å². The molecule has 0 amide bonds. The number of anilines is 1. The van der Waals surface area contributed by atoms with Crippen LogP contribution < -0.4 is 10.6 Å². The lowest BCUT2D eigenvalue weighted by Gasteiger charge is -2.28. The minimum absolute atomic E-state index is 0.409. The number of nitrogens with zero attached hydrogens (tertiary/aromatic N) is 3. The third kappa shape index (κ3) is 3.14. The minimum atomic E-state index is 0.409. The van der Waals surface area contributed by atoms with Gasteiger partial charge in [-0.25, -0.2) is 9.97 Å². The van der Waals surface area contributed by atoms with Crippen molar-refractivity contribution in [2.24, 2.45) is 0 Å². The van der Waals surface area contributed by atoms with E-state index in [4.69, 9.17) is 5.26 Å². The van der Waals surface area contributed by atoms with Crippen molar-refractivity contribution in [2.45, 2.75) is 37.8 Å². The van der Waals surface area contributed by atoms with Gasteiger partial charge in [-0.05, 0) is 38.8 Å². The van der Waals surface area contributed by atoms with Crippen LogP contribution in [0.4, 0.5) is 5.95 Å². The van der Waals surface area contributed by atoms with Gasteiger partial charge in [0.2, 0.25) is 5.95 Å². The molecule has 1 heterocycles. The fourth-order valence-corrected chi connectivity index (χ4v) is 2.20. The first kappa shape index (κ1) is 11.8. The quantitative estimate of drug-likeness (QED) is 0.820. The topological polar surface area (TPSA) is 73.6 Å². The number of nitrogens with one attached hydrogen (secondary N) is 2. The predicted molar refractivity (Wildman–Crippen MR) is 65.5 cm³/mol. The molecule has 17 heavy (non-hydrogen) atoms. The molecule has 0 bridgehead atoms. The standard InChI is InChI=1S/C12H17N5/c1-14-9-2-4-10(5-3-9)16-12-15-7-6-11(8-13)17-12/h6-7,9-10,14H,2-5H2,1H3,(H,15,16,17). The molecule has 0 atom stereocenters. The van der Waals surface area contributed by atoms with E-state index in [1.54, 1.807) is 12.3 Å². The van der Waals surface area contributed by atoms with Gasteiger partial charge in [0.15, 0.2) is 0 Å². The van der Waals surface area contributed by atoms with Crippen LogP contribution in [0.25, 0.3) is 0 Å². The maximum absolute atomic E-state index is 8.76. The first-order valence-electron chi connectivity index (χ1n) is 5.98. The van der Waals surface area contributed by atoms with Crippen LogP contribution in [0.5, 0.6) is 0 Å². The molecule has 90 valence electrons. The van der Waals surface area contributed by atoms with E-state index < -0.39 is 0 Å². The van der Waals surface area contributed by atoms with Gasteiger partial charge in [0.25, 0.3) is 0 Å². The van der Waals surface area contributed by atoms with Crippen LogP contribution in [0.1, 0.15) is 31.4 Å². The molecule has 0 radical (unpaired) electrons. The Labute approximate surface area is 101 Å². The fraction of sp³-hybridized carbons (Fsp3) is 0.583. The highest BCUT2D eigenvalue weighted by molar-refractivity contribution is 5.31. The van der Waals surface area contributed by atoms with Gasteiger partial charge in [0.05, 0.1) is 0 Å². The third-order valence-corrected chi connectivity index (χ3v) is 3.24. The molecule has 0 saturated heterocycles. The van der Waals surface area contributed by atoms with Gasteiger partial charge in [0.1, 0.15) is 11.8 Å². The maximum Gasteiger partial charge on any atom is 0.224 e. The van der Waals surface area contributed by atoms with Gasteiger partial charge in [-0.15, -0.1) is 0 Å². The highest BCUT2D eigenvalue weighted by Gasteiger charge is 2.20. The first-order valence-corrected chi connectivity index (χ1v) is 5.98. The number of hydrogen-bond acceptors (Lipinski definition) is 5. The maximum atomic E-state index is 8.76. The van der Waals surface area contributed by atoms with E-state index in [1.165, 1.54) is 12.8 Å². The Balaban J connectivity index is 1.91. The molecular formula is C12H17N5. The van der Waals surface area contributed by atoms with Crippen molar-refractivity contribution in [1.82, 2.24) is 15.3 Å². The van der Waals surface area contributed by atoms with Crippen LogP contribution in [-0.4, -0.2) is 29.1 Å². The van der Waals surface area contributed by atoms with E-state index in [0.29, 0.717) is 23.7 Å². The predicted octanol–water partition coefficient (Wildman–Crippen LogP) is 1.29. The molecule has 5 nitrogen and oxygen atoms in total. The second-order valence-electron chi connectivity index (χ2n) is 4.36. The Morgan fingerprint density at radius 1 is 1.29 bits per heavy atom. The molecule has 1 aromatic rings. The summed E-state index contributed by atoms with van der Waals surface area (Å²) >= 11 is 0. The fourth-order valence-electron chi connectivity index (χ4n) is 2.20. The highest BCUT2D eigenvalue weighted by Crippen LogP contribution is 2.20. The zero-order chi connectivity index (χ0) is 12.1. The van der Waals surface area contributed by atoms with Gasteiger partial charge in [-0.1, -0.05) is 0 Å². The Bertz CT molecular complexity index is 404. The number of hydrogen-bond donors (Lipinski definition) is 2. The monoisotopic (exact) mass is 231 g/mol. The van der Waals surface area contributed by atoms with E-state index in [9.17, 15) is 0 Å². The van der Waals surface area contributed by atoms with Crippen LogP contribution in [0.15, 0.2) is 12.3 Å². The molecule has 2 N–H and O–H groups in total. The Hall–Kier alpha value is -1.67. The van der Waals surface area contributed by atoms with Crippen LogP contribution >= 0.6 is 0 Å². The largest absolute Gasteiger partial charge is 0.351 e. The Morgan fingerprint density at radius 2 is 2.00 bits per heavy atom. The molecule has 1 fully saturated rings. The molecule has 0 aromatic carbocycles. The summed E-state index contributed by atoms with van der Waals surface area (Å²) in [5.74, 6) is 0.567. The van der Waals surface area contributed by atoms with Crippen molar-refractivity contribution in [2.75, 3.05) is 12.4 Å². The molecular weight excluding hydrogens is 214 g/mol. The van der Waals surface area contributed by atoms with Gasteiger partial charge in [-0.2, -0.15) is 5.26 Å². The van der Waals surface area contributed by atoms with Crippen LogP contribution in [-0.2, 0) is 0 Å². The highest BCUT2D eigenvalue weighted by atomic mass is 15.1. The summed E-state index contributed by atoms with van der Waals surface area (Å²) in [6.45, 7) is 0. The molecule has 1 aliphatic rings. The molecule has 2 rings (SSSR count). The van der Waals surface area contributed by atoms with Gasteiger partial charge in [0, 0.05) is 18.3 Å². The number of rotatable bonds is 3. The SMILES string of the molecule is CNC1CCC(Nc2nccc(C#N)n2)CC1. The lowest BCUT2D eigenvalue weighted by Crippen LogP contribution is -2.35. The molecule has 1 aromatic heterocycles. The summed E-state index contributed by atoms with van der Waals surface area (Å²) in [6, 6.07) is 4.70. The molecule has 0 aliphatic heterocycles. The number of nitriles is 1. The van der Waals surface area contributed by atoms with Crippen molar-refractivity contribution in [3.63, 3.8) is 0 Å². The third-order valence-electron chi connectivity index (χ3n) is 3.24. The summed E-state index contributed by atoms with van der Waals surface area (Å²) in [6.07, 6.45) is 6.20. The van der Waals surface area contributed by atoms with Crippen molar-refractivity contribution < 1.29 is 0 Å². The van der Waals surface area contributed by atoms with Crippen LogP contribution in [0.3, 0.4) is 0 Å². The lowest BCUT2D eigenvalue weighted by molar-refractivity contribution is 0.370. The molecule has 1 saturated carbocycles. The smallest absolute Gasteiger partial charge is 0.224 e. The first-order chi connectivity index (χ1) is 8.31. The summed E-state index contributed by atoms with van der Waals surface area (Å²) in [7, 11) is 2.01. The Morgan fingerprint density at radius 3 is 2.65 bits per heavy atom. The summed E-state index contributed by atoms with van der Waals surface area (Å²) in [5.41, 5.74) is 0.409. The lowest BCUT2D eigenvalue weighted by atomic mass is 9.91. The van der Waals surface area contributed by atoms with Crippen molar-refractivity contribution >= 4 is 5.95 Å².